The van der Waals surface area contributed by atoms with E-state index in [1.807, 2.05) is 18.7 Å². The highest BCUT2D eigenvalue weighted by atomic mass is 32.2. The van der Waals surface area contributed by atoms with Gasteiger partial charge in [-0.15, -0.1) is 11.8 Å². The van der Waals surface area contributed by atoms with Crippen LogP contribution in [0.5, 0.6) is 0 Å². The Morgan fingerprint density at radius 1 is 1.10 bits per heavy atom. The van der Waals surface area contributed by atoms with Gasteiger partial charge in [-0.1, -0.05) is 42.5 Å². The van der Waals surface area contributed by atoms with Crippen molar-refractivity contribution in [2.75, 3.05) is 13.4 Å². The Balaban J connectivity index is 1.73. The topological polar surface area (TPSA) is 18.5 Å². The molecule has 1 heterocycles. The van der Waals surface area contributed by atoms with E-state index < -0.39 is 0 Å². The van der Waals surface area contributed by atoms with E-state index in [4.69, 9.17) is 9.47 Å². The van der Waals surface area contributed by atoms with Crippen LogP contribution in [-0.4, -0.2) is 18.8 Å². The highest BCUT2D eigenvalue weighted by Gasteiger charge is 2.28. The van der Waals surface area contributed by atoms with Crippen LogP contribution >= 0.6 is 11.8 Å². The molecule has 3 rings (SSSR count). The number of hydrogen-bond donors (Lipinski definition) is 0. The minimum atomic E-state index is 0.269. The van der Waals surface area contributed by atoms with Crippen molar-refractivity contribution in [1.82, 2.24) is 0 Å². The third-order valence-electron chi connectivity index (χ3n) is 3.69. The summed E-state index contributed by atoms with van der Waals surface area (Å²) in [5.41, 5.74) is 1.71. The molecule has 0 N–H and O–H groups in total. The Kier molecular flexibility index (Phi) is 4.61. The SMILES string of the molecule is CCOCOC1CCC(c2cccc3ccccc23)S1. The molecule has 1 aliphatic heterocycles. The first-order valence-corrected chi connectivity index (χ1v) is 8.15. The van der Waals surface area contributed by atoms with E-state index in [0.29, 0.717) is 18.6 Å². The van der Waals surface area contributed by atoms with E-state index in [2.05, 4.69) is 42.5 Å². The predicted molar refractivity (Wildman–Crippen MR) is 84.9 cm³/mol. The molecule has 0 radical (unpaired) electrons. The van der Waals surface area contributed by atoms with E-state index in [-0.39, 0.29) is 5.44 Å². The van der Waals surface area contributed by atoms with E-state index >= 15 is 0 Å². The molecule has 1 aliphatic rings. The normalized spacial score (nSPS) is 22.4. The van der Waals surface area contributed by atoms with Gasteiger partial charge in [0.05, 0.1) is 0 Å². The van der Waals surface area contributed by atoms with Gasteiger partial charge in [0.15, 0.2) is 0 Å². The highest BCUT2D eigenvalue weighted by Crippen LogP contribution is 2.46. The van der Waals surface area contributed by atoms with E-state index in [9.17, 15) is 0 Å². The second kappa shape index (κ2) is 6.61. The molecular formula is C17H20O2S. The Morgan fingerprint density at radius 2 is 1.95 bits per heavy atom. The molecule has 0 aliphatic carbocycles. The molecule has 20 heavy (non-hydrogen) atoms. The number of fused-ring (bicyclic) bond motifs is 1. The van der Waals surface area contributed by atoms with Crippen molar-refractivity contribution in [3.8, 4) is 0 Å². The van der Waals surface area contributed by atoms with Crippen LogP contribution in [0.4, 0.5) is 0 Å². The largest absolute Gasteiger partial charge is 0.356 e. The highest BCUT2D eigenvalue weighted by molar-refractivity contribution is 8.00. The van der Waals surface area contributed by atoms with Crippen LogP contribution in [-0.2, 0) is 9.47 Å². The van der Waals surface area contributed by atoms with Gasteiger partial charge in [0.2, 0.25) is 0 Å². The molecule has 0 saturated carbocycles. The molecule has 0 amide bonds. The summed E-state index contributed by atoms with van der Waals surface area (Å²) in [5, 5.41) is 3.23. The summed E-state index contributed by atoms with van der Waals surface area (Å²) in [7, 11) is 0. The van der Waals surface area contributed by atoms with Gasteiger partial charge in [-0.25, -0.2) is 0 Å². The molecule has 2 unspecified atom stereocenters. The maximum Gasteiger partial charge on any atom is 0.148 e. The van der Waals surface area contributed by atoms with Crippen LogP contribution in [0.2, 0.25) is 0 Å². The van der Waals surface area contributed by atoms with Crippen molar-refractivity contribution in [3.63, 3.8) is 0 Å². The second-order valence-electron chi connectivity index (χ2n) is 4.98. The zero-order valence-electron chi connectivity index (χ0n) is 11.7. The van der Waals surface area contributed by atoms with Crippen LogP contribution in [0.25, 0.3) is 10.8 Å². The molecule has 1 saturated heterocycles. The predicted octanol–water partition coefficient (Wildman–Crippen LogP) is 4.74. The average molecular weight is 288 g/mol. The second-order valence-corrected chi connectivity index (χ2v) is 6.34. The van der Waals surface area contributed by atoms with Gasteiger partial charge < -0.3 is 9.47 Å². The Morgan fingerprint density at radius 3 is 2.85 bits per heavy atom. The molecule has 106 valence electrons. The van der Waals surface area contributed by atoms with Crippen LogP contribution in [0.15, 0.2) is 42.5 Å². The number of benzene rings is 2. The summed E-state index contributed by atoms with van der Waals surface area (Å²) in [6.07, 6.45) is 2.28. The zero-order valence-corrected chi connectivity index (χ0v) is 12.6. The third-order valence-corrected chi connectivity index (χ3v) is 5.19. The van der Waals surface area contributed by atoms with Gasteiger partial charge in [0, 0.05) is 11.9 Å². The fourth-order valence-electron chi connectivity index (χ4n) is 2.70. The van der Waals surface area contributed by atoms with Crippen LogP contribution in [0, 0.1) is 0 Å². The summed E-state index contributed by atoms with van der Waals surface area (Å²) in [4.78, 5) is 0. The summed E-state index contributed by atoms with van der Waals surface area (Å²) in [6, 6.07) is 15.2. The van der Waals surface area contributed by atoms with Crippen molar-refractivity contribution >= 4 is 22.5 Å². The lowest BCUT2D eigenvalue weighted by Crippen LogP contribution is -2.07. The molecule has 2 aromatic rings. The molecule has 0 spiro atoms. The van der Waals surface area contributed by atoms with Crippen LogP contribution < -0.4 is 0 Å². The van der Waals surface area contributed by atoms with Crippen molar-refractivity contribution in [3.05, 3.63) is 48.0 Å². The number of rotatable bonds is 5. The minimum absolute atomic E-state index is 0.269. The van der Waals surface area contributed by atoms with E-state index in [0.717, 1.165) is 6.42 Å². The maximum absolute atomic E-state index is 5.75. The average Bonchev–Trinajstić information content (AvgIpc) is 2.96. The smallest absolute Gasteiger partial charge is 0.148 e. The summed E-state index contributed by atoms with van der Waals surface area (Å²) < 4.78 is 11.0. The molecule has 2 atom stereocenters. The van der Waals surface area contributed by atoms with E-state index in [1.54, 1.807) is 0 Å². The summed E-state index contributed by atoms with van der Waals surface area (Å²) in [5.74, 6) is 0. The lowest BCUT2D eigenvalue weighted by atomic mass is 10.00. The number of thioether (sulfide) groups is 1. The Bertz CT molecular complexity index is 564. The fourth-order valence-corrected chi connectivity index (χ4v) is 4.09. The first-order valence-electron chi connectivity index (χ1n) is 7.21. The molecule has 1 fully saturated rings. The van der Waals surface area contributed by atoms with Crippen LogP contribution in [0.3, 0.4) is 0 Å². The molecule has 0 bridgehead atoms. The minimum Gasteiger partial charge on any atom is -0.356 e. The molecular weight excluding hydrogens is 268 g/mol. The Hall–Kier alpha value is -1.03. The zero-order chi connectivity index (χ0) is 13.8. The van der Waals surface area contributed by atoms with Gasteiger partial charge in [-0.2, -0.15) is 0 Å². The van der Waals surface area contributed by atoms with Crippen molar-refractivity contribution in [1.29, 1.82) is 0 Å². The van der Waals surface area contributed by atoms with Gasteiger partial charge in [0.25, 0.3) is 0 Å². The van der Waals surface area contributed by atoms with Gasteiger partial charge in [-0.05, 0) is 36.1 Å². The molecule has 2 aromatic carbocycles. The van der Waals surface area contributed by atoms with E-state index in [1.165, 1.54) is 22.8 Å². The third kappa shape index (κ3) is 3.00. The first-order chi connectivity index (χ1) is 9.88. The lowest BCUT2D eigenvalue weighted by Gasteiger charge is -2.14. The van der Waals surface area contributed by atoms with Gasteiger partial charge >= 0.3 is 0 Å². The molecule has 0 aromatic heterocycles. The number of ether oxygens (including phenoxy) is 2. The van der Waals surface area contributed by atoms with Crippen molar-refractivity contribution in [2.45, 2.75) is 30.5 Å². The monoisotopic (exact) mass is 288 g/mol. The number of hydrogen-bond acceptors (Lipinski definition) is 3. The summed E-state index contributed by atoms with van der Waals surface area (Å²) >= 11 is 1.93. The Labute approximate surface area is 124 Å². The molecule has 2 nitrogen and oxygen atoms in total. The maximum atomic E-state index is 5.75. The lowest BCUT2D eigenvalue weighted by molar-refractivity contribution is -0.0594. The quantitative estimate of drug-likeness (QED) is 0.584. The summed E-state index contributed by atoms with van der Waals surface area (Å²) in [6.45, 7) is 3.12. The fraction of sp³-hybridized carbons (Fsp3) is 0.412. The van der Waals surface area contributed by atoms with Gasteiger partial charge in [-0.3, -0.25) is 0 Å². The van der Waals surface area contributed by atoms with Crippen molar-refractivity contribution in [2.24, 2.45) is 0 Å². The van der Waals surface area contributed by atoms with Crippen molar-refractivity contribution < 1.29 is 9.47 Å². The first kappa shape index (κ1) is 13.9. The van der Waals surface area contributed by atoms with Gasteiger partial charge in [0.1, 0.15) is 12.2 Å². The van der Waals surface area contributed by atoms with Crippen LogP contribution in [0.1, 0.15) is 30.6 Å². The standard InChI is InChI=1S/C17H20O2S/c1-2-18-12-19-17-11-10-16(20-17)15-9-5-7-13-6-3-4-8-14(13)15/h3-9,16-17H,2,10-12H2,1H3. The molecule has 3 heteroatoms.